The van der Waals surface area contributed by atoms with Crippen LogP contribution in [0.1, 0.15) is 23.3 Å². The van der Waals surface area contributed by atoms with E-state index in [1.165, 1.54) is 29.4 Å². The minimum Gasteiger partial charge on any atom is -0.459 e. The third kappa shape index (κ3) is 5.01. The Bertz CT molecular complexity index is 1140. The summed E-state index contributed by atoms with van der Waals surface area (Å²) in [6.45, 7) is 1.93. The molecule has 3 aromatic heterocycles. The van der Waals surface area contributed by atoms with Crippen LogP contribution in [0.15, 0.2) is 69.9 Å². The average molecular weight is 455 g/mol. The standard InChI is InChI=1S/C20H18N6O3S2/c1-13(17(27)23-19-21-9-11-30-19)31-20-25-24-16(26(20)14-6-3-2-4-7-14)12-22-18(28)15-8-5-10-29-15/h2-11,13H,12H2,1H3,(H,22,28)(H,21,23,27)/t13-/m1/s1. The van der Waals surface area contributed by atoms with E-state index in [1.807, 2.05) is 34.9 Å². The van der Waals surface area contributed by atoms with Gasteiger partial charge in [0.2, 0.25) is 5.91 Å². The molecule has 158 valence electrons. The second-order valence-corrected chi connectivity index (χ2v) is 8.52. The zero-order valence-corrected chi connectivity index (χ0v) is 18.0. The lowest BCUT2D eigenvalue weighted by Gasteiger charge is -2.13. The van der Waals surface area contributed by atoms with Crippen LogP contribution in [0.25, 0.3) is 5.69 Å². The molecule has 1 atom stereocenters. The first-order valence-electron chi connectivity index (χ1n) is 9.30. The maximum Gasteiger partial charge on any atom is 0.287 e. The van der Waals surface area contributed by atoms with Crippen molar-refractivity contribution in [1.82, 2.24) is 25.1 Å². The molecule has 0 aliphatic rings. The number of hydrogen-bond acceptors (Lipinski definition) is 8. The highest BCUT2D eigenvalue weighted by Crippen LogP contribution is 2.26. The van der Waals surface area contributed by atoms with Gasteiger partial charge in [-0.3, -0.25) is 14.2 Å². The Hall–Kier alpha value is -3.44. The minimum absolute atomic E-state index is 0.141. The van der Waals surface area contributed by atoms with Crippen LogP contribution in [0.4, 0.5) is 5.13 Å². The summed E-state index contributed by atoms with van der Waals surface area (Å²) < 4.78 is 6.94. The summed E-state index contributed by atoms with van der Waals surface area (Å²) in [7, 11) is 0. The number of anilines is 1. The van der Waals surface area contributed by atoms with Gasteiger partial charge in [-0.05, 0) is 31.2 Å². The summed E-state index contributed by atoms with van der Waals surface area (Å²) in [6.07, 6.45) is 3.07. The molecule has 4 rings (SSSR count). The molecular formula is C20H18N6O3S2. The van der Waals surface area contributed by atoms with Gasteiger partial charge in [0.05, 0.1) is 18.1 Å². The number of amides is 2. The molecule has 0 fully saturated rings. The van der Waals surface area contributed by atoms with E-state index in [-0.39, 0.29) is 24.1 Å². The Morgan fingerprint density at radius 3 is 2.74 bits per heavy atom. The van der Waals surface area contributed by atoms with E-state index in [0.717, 1.165) is 5.69 Å². The van der Waals surface area contributed by atoms with Crippen molar-refractivity contribution >= 4 is 40.0 Å². The Balaban J connectivity index is 1.53. The summed E-state index contributed by atoms with van der Waals surface area (Å²) in [5.41, 5.74) is 0.824. The molecule has 0 unspecified atom stereocenters. The number of nitrogens with zero attached hydrogens (tertiary/aromatic N) is 4. The van der Waals surface area contributed by atoms with Crippen LogP contribution in [-0.4, -0.2) is 36.8 Å². The van der Waals surface area contributed by atoms with Crippen molar-refractivity contribution < 1.29 is 14.0 Å². The molecule has 0 aliphatic heterocycles. The highest BCUT2D eigenvalue weighted by molar-refractivity contribution is 8.00. The largest absolute Gasteiger partial charge is 0.459 e. The predicted octanol–water partition coefficient (Wildman–Crippen LogP) is 3.37. The first-order chi connectivity index (χ1) is 15.1. The van der Waals surface area contributed by atoms with Crippen molar-refractivity contribution in [3.63, 3.8) is 0 Å². The number of carbonyl (C=O) groups is 2. The van der Waals surface area contributed by atoms with Crippen molar-refractivity contribution in [3.05, 3.63) is 71.9 Å². The highest BCUT2D eigenvalue weighted by atomic mass is 32.2. The molecule has 0 radical (unpaired) electrons. The van der Waals surface area contributed by atoms with Crippen molar-refractivity contribution in [1.29, 1.82) is 0 Å². The minimum atomic E-state index is -0.443. The zero-order chi connectivity index (χ0) is 21.6. The van der Waals surface area contributed by atoms with Gasteiger partial charge in [-0.15, -0.1) is 21.5 Å². The number of thiazole rings is 1. The van der Waals surface area contributed by atoms with Gasteiger partial charge in [0.25, 0.3) is 5.91 Å². The molecule has 31 heavy (non-hydrogen) atoms. The molecule has 0 spiro atoms. The number of thioether (sulfide) groups is 1. The van der Waals surface area contributed by atoms with Crippen molar-refractivity contribution in [3.8, 4) is 5.69 Å². The monoisotopic (exact) mass is 454 g/mol. The van der Waals surface area contributed by atoms with Gasteiger partial charge in [-0.2, -0.15) is 0 Å². The molecular weight excluding hydrogens is 436 g/mol. The topological polar surface area (TPSA) is 115 Å². The number of hydrogen-bond donors (Lipinski definition) is 2. The summed E-state index contributed by atoms with van der Waals surface area (Å²) >= 11 is 2.62. The first-order valence-corrected chi connectivity index (χ1v) is 11.1. The Morgan fingerprint density at radius 1 is 1.19 bits per heavy atom. The number of aromatic nitrogens is 4. The van der Waals surface area contributed by atoms with E-state index in [1.54, 1.807) is 30.6 Å². The predicted molar refractivity (Wildman–Crippen MR) is 117 cm³/mol. The molecule has 2 amide bonds. The fourth-order valence-electron chi connectivity index (χ4n) is 2.69. The highest BCUT2D eigenvalue weighted by Gasteiger charge is 2.22. The Morgan fingerprint density at radius 2 is 2.03 bits per heavy atom. The fourth-order valence-corrected chi connectivity index (χ4v) is 4.10. The van der Waals surface area contributed by atoms with Crippen molar-refractivity contribution in [2.24, 2.45) is 0 Å². The van der Waals surface area contributed by atoms with E-state index >= 15 is 0 Å². The van der Waals surface area contributed by atoms with Crippen LogP contribution in [0.3, 0.4) is 0 Å². The molecule has 9 nitrogen and oxygen atoms in total. The SMILES string of the molecule is C[C@@H](Sc1nnc(CNC(=O)c2ccco2)n1-c1ccccc1)C(=O)Nc1nccs1. The lowest BCUT2D eigenvalue weighted by molar-refractivity contribution is -0.115. The quantitative estimate of drug-likeness (QED) is 0.392. The lowest BCUT2D eigenvalue weighted by atomic mass is 10.3. The molecule has 11 heteroatoms. The first kappa shape index (κ1) is 20.8. The van der Waals surface area contributed by atoms with E-state index in [0.29, 0.717) is 16.1 Å². The van der Waals surface area contributed by atoms with E-state index in [2.05, 4.69) is 25.8 Å². The van der Waals surface area contributed by atoms with Crippen LogP contribution >= 0.6 is 23.1 Å². The number of para-hydroxylation sites is 1. The molecule has 0 saturated heterocycles. The number of carbonyl (C=O) groups excluding carboxylic acids is 2. The molecule has 3 heterocycles. The smallest absolute Gasteiger partial charge is 0.287 e. The molecule has 0 saturated carbocycles. The third-order valence-electron chi connectivity index (χ3n) is 4.18. The molecule has 2 N–H and O–H groups in total. The van der Waals surface area contributed by atoms with Gasteiger partial charge < -0.3 is 15.1 Å². The normalized spacial score (nSPS) is 11.8. The van der Waals surface area contributed by atoms with Crippen LogP contribution in [0.5, 0.6) is 0 Å². The average Bonchev–Trinajstić information content (AvgIpc) is 3.55. The third-order valence-corrected chi connectivity index (χ3v) is 5.91. The Labute approximate surface area is 185 Å². The van der Waals surface area contributed by atoms with Gasteiger partial charge in [0, 0.05) is 17.3 Å². The lowest BCUT2D eigenvalue weighted by Crippen LogP contribution is -2.24. The van der Waals surface area contributed by atoms with Crippen LogP contribution in [0.2, 0.25) is 0 Å². The summed E-state index contributed by atoms with van der Waals surface area (Å²) in [4.78, 5) is 28.8. The van der Waals surface area contributed by atoms with E-state index in [4.69, 9.17) is 4.42 Å². The zero-order valence-electron chi connectivity index (χ0n) is 16.4. The van der Waals surface area contributed by atoms with Gasteiger partial charge in [0.15, 0.2) is 21.9 Å². The maximum absolute atomic E-state index is 12.5. The maximum atomic E-state index is 12.5. The number of nitrogens with one attached hydrogen (secondary N) is 2. The number of rotatable bonds is 8. The Kier molecular flexibility index (Phi) is 6.43. The van der Waals surface area contributed by atoms with Crippen molar-refractivity contribution in [2.75, 3.05) is 5.32 Å². The number of benzene rings is 1. The van der Waals surface area contributed by atoms with Gasteiger partial charge in [0.1, 0.15) is 0 Å². The van der Waals surface area contributed by atoms with Gasteiger partial charge in [-0.1, -0.05) is 30.0 Å². The summed E-state index contributed by atoms with van der Waals surface area (Å²) in [6, 6.07) is 12.7. The van der Waals surface area contributed by atoms with E-state index < -0.39 is 5.25 Å². The van der Waals surface area contributed by atoms with E-state index in [9.17, 15) is 9.59 Å². The second-order valence-electron chi connectivity index (χ2n) is 6.32. The fraction of sp³-hybridized carbons (Fsp3) is 0.150. The molecule has 0 bridgehead atoms. The van der Waals surface area contributed by atoms with Gasteiger partial charge in [-0.25, -0.2) is 4.98 Å². The molecule has 4 aromatic rings. The van der Waals surface area contributed by atoms with Gasteiger partial charge >= 0.3 is 0 Å². The van der Waals surface area contributed by atoms with Crippen LogP contribution < -0.4 is 10.6 Å². The summed E-state index contributed by atoms with van der Waals surface area (Å²) in [5, 5.41) is 16.5. The van der Waals surface area contributed by atoms with Crippen LogP contribution in [0, 0.1) is 0 Å². The van der Waals surface area contributed by atoms with Crippen molar-refractivity contribution in [2.45, 2.75) is 23.9 Å². The summed E-state index contributed by atoms with van der Waals surface area (Å²) in [5.74, 6) is 0.210. The second kappa shape index (κ2) is 9.58. The molecule has 0 aliphatic carbocycles. The number of furan rings is 1. The van der Waals surface area contributed by atoms with Crippen LogP contribution in [-0.2, 0) is 11.3 Å². The molecule has 1 aromatic carbocycles.